The van der Waals surface area contributed by atoms with Crippen LogP contribution in [-0.2, 0) is 11.0 Å². The van der Waals surface area contributed by atoms with Crippen LogP contribution < -0.4 is 14.4 Å². The van der Waals surface area contributed by atoms with Crippen LogP contribution in [0.1, 0.15) is 11.1 Å². The van der Waals surface area contributed by atoms with Crippen LogP contribution in [0.5, 0.6) is 11.5 Å². The highest BCUT2D eigenvalue weighted by Gasteiger charge is 2.32. The third-order valence-electron chi connectivity index (χ3n) is 4.94. The standard InChI is InChI=1S/C20H16BrClF3N3O3/c21-14-9-17-16(30-11-31-17)7-12(14)1-2-18(29)27-3-5-28(6-4-27)19-15(22)8-13(10-26-19)20(23,24)25/h1-2,7-10H,3-6,11H2/b2-1+. The molecule has 1 saturated heterocycles. The Kier molecular flexibility index (Phi) is 6.02. The zero-order valence-corrected chi connectivity index (χ0v) is 18.3. The number of hydrogen-bond acceptors (Lipinski definition) is 5. The Labute approximate surface area is 189 Å². The van der Waals surface area contributed by atoms with Crippen molar-refractivity contribution < 1.29 is 27.4 Å². The summed E-state index contributed by atoms with van der Waals surface area (Å²) in [4.78, 5) is 19.9. The maximum absolute atomic E-state index is 12.8. The van der Waals surface area contributed by atoms with E-state index in [1.165, 1.54) is 6.08 Å². The number of pyridine rings is 1. The maximum atomic E-state index is 12.8. The van der Waals surface area contributed by atoms with E-state index >= 15 is 0 Å². The van der Waals surface area contributed by atoms with Crippen molar-refractivity contribution in [2.75, 3.05) is 37.9 Å². The van der Waals surface area contributed by atoms with Gasteiger partial charge in [-0.25, -0.2) is 4.98 Å². The van der Waals surface area contributed by atoms with Gasteiger partial charge in [0.15, 0.2) is 11.5 Å². The molecule has 11 heteroatoms. The van der Waals surface area contributed by atoms with Crippen LogP contribution >= 0.6 is 27.5 Å². The Morgan fingerprint density at radius 3 is 2.45 bits per heavy atom. The van der Waals surface area contributed by atoms with E-state index in [-0.39, 0.29) is 23.5 Å². The second-order valence-corrected chi connectivity index (χ2v) is 8.16. The molecule has 6 nitrogen and oxygen atoms in total. The van der Waals surface area contributed by atoms with Crippen LogP contribution in [0.4, 0.5) is 19.0 Å². The highest BCUT2D eigenvalue weighted by Crippen LogP contribution is 2.37. The molecule has 0 atom stereocenters. The molecular weight excluding hydrogens is 503 g/mol. The summed E-state index contributed by atoms with van der Waals surface area (Å²) in [6.45, 7) is 1.77. The largest absolute Gasteiger partial charge is 0.454 e. The number of carbonyl (C=O) groups excluding carboxylic acids is 1. The predicted molar refractivity (Wildman–Crippen MR) is 112 cm³/mol. The second-order valence-electron chi connectivity index (χ2n) is 6.90. The van der Waals surface area contributed by atoms with Crippen molar-refractivity contribution in [2.45, 2.75) is 6.18 Å². The smallest absolute Gasteiger partial charge is 0.417 e. The van der Waals surface area contributed by atoms with Gasteiger partial charge >= 0.3 is 6.18 Å². The SMILES string of the molecule is O=C(/C=C/c1cc2c(cc1Br)OCO2)N1CCN(c2ncc(C(F)(F)F)cc2Cl)CC1. The lowest BCUT2D eigenvalue weighted by Crippen LogP contribution is -2.48. The molecule has 0 aliphatic carbocycles. The van der Waals surface area contributed by atoms with Gasteiger partial charge in [-0.05, 0) is 29.8 Å². The molecule has 2 aliphatic heterocycles. The zero-order valence-electron chi connectivity index (χ0n) is 16.0. The molecule has 1 aromatic heterocycles. The monoisotopic (exact) mass is 517 g/mol. The normalized spacial score (nSPS) is 16.3. The molecule has 0 unspecified atom stereocenters. The first-order valence-electron chi connectivity index (χ1n) is 9.26. The van der Waals surface area contributed by atoms with Crippen molar-refractivity contribution in [3.8, 4) is 11.5 Å². The number of nitrogens with zero attached hydrogens (tertiary/aromatic N) is 3. The van der Waals surface area contributed by atoms with E-state index in [9.17, 15) is 18.0 Å². The molecule has 4 rings (SSSR count). The average Bonchev–Trinajstić information content (AvgIpc) is 3.18. The summed E-state index contributed by atoms with van der Waals surface area (Å²) in [5.74, 6) is 1.36. The average molecular weight is 519 g/mol. The molecule has 1 amide bonds. The van der Waals surface area contributed by atoms with Gasteiger partial charge in [0.25, 0.3) is 0 Å². The number of anilines is 1. The van der Waals surface area contributed by atoms with E-state index < -0.39 is 11.7 Å². The number of ether oxygens (including phenoxy) is 2. The van der Waals surface area contributed by atoms with Gasteiger partial charge in [0, 0.05) is 42.9 Å². The summed E-state index contributed by atoms with van der Waals surface area (Å²) in [6.07, 6.45) is -0.569. The summed E-state index contributed by atoms with van der Waals surface area (Å²) < 4.78 is 49.8. The van der Waals surface area contributed by atoms with Crippen LogP contribution in [0.25, 0.3) is 6.08 Å². The fourth-order valence-electron chi connectivity index (χ4n) is 3.28. The molecule has 0 spiro atoms. The van der Waals surface area contributed by atoms with Gasteiger partial charge in [0.05, 0.1) is 10.6 Å². The second kappa shape index (κ2) is 8.58. The number of piperazine rings is 1. The first-order valence-corrected chi connectivity index (χ1v) is 10.4. The van der Waals surface area contributed by atoms with Gasteiger partial charge in [-0.15, -0.1) is 0 Å². The molecular formula is C20H16BrClF3N3O3. The predicted octanol–water partition coefficient (Wildman–Crippen LogP) is 4.61. The number of alkyl halides is 3. The number of amides is 1. The molecule has 0 radical (unpaired) electrons. The highest BCUT2D eigenvalue weighted by atomic mass is 79.9. The quantitative estimate of drug-likeness (QED) is 0.556. The summed E-state index contributed by atoms with van der Waals surface area (Å²) in [6, 6.07) is 4.44. The molecule has 0 N–H and O–H groups in total. The number of carbonyl (C=O) groups is 1. The van der Waals surface area contributed by atoms with Crippen molar-refractivity contribution in [1.29, 1.82) is 0 Å². The first kappa shape index (κ1) is 21.8. The van der Waals surface area contributed by atoms with E-state index in [0.717, 1.165) is 22.3 Å². The fourth-order valence-corrected chi connectivity index (χ4v) is 4.02. The van der Waals surface area contributed by atoms with E-state index in [4.69, 9.17) is 21.1 Å². The minimum Gasteiger partial charge on any atom is -0.454 e. The third kappa shape index (κ3) is 4.74. The fraction of sp³-hybridized carbons (Fsp3) is 0.300. The molecule has 1 aromatic carbocycles. The Morgan fingerprint density at radius 2 is 1.81 bits per heavy atom. The minimum absolute atomic E-state index is 0.0674. The Morgan fingerprint density at radius 1 is 1.13 bits per heavy atom. The number of fused-ring (bicyclic) bond motifs is 1. The topological polar surface area (TPSA) is 54.9 Å². The van der Waals surface area contributed by atoms with E-state index in [1.807, 2.05) is 0 Å². The molecule has 1 fully saturated rings. The summed E-state index contributed by atoms with van der Waals surface area (Å²) in [7, 11) is 0. The van der Waals surface area contributed by atoms with Crippen LogP contribution in [0.3, 0.4) is 0 Å². The lowest BCUT2D eigenvalue weighted by Gasteiger charge is -2.35. The van der Waals surface area contributed by atoms with Crippen LogP contribution in [0.2, 0.25) is 5.02 Å². The van der Waals surface area contributed by atoms with Gasteiger partial charge in [-0.3, -0.25) is 4.79 Å². The lowest BCUT2D eigenvalue weighted by atomic mass is 10.2. The Bertz CT molecular complexity index is 1040. The van der Waals surface area contributed by atoms with Crippen molar-refractivity contribution >= 4 is 45.3 Å². The van der Waals surface area contributed by atoms with Crippen molar-refractivity contribution in [3.05, 3.63) is 51.1 Å². The maximum Gasteiger partial charge on any atom is 0.417 e. The van der Waals surface area contributed by atoms with Crippen LogP contribution in [-0.4, -0.2) is 48.8 Å². The molecule has 0 saturated carbocycles. The minimum atomic E-state index is -4.50. The van der Waals surface area contributed by atoms with E-state index in [1.54, 1.807) is 28.0 Å². The van der Waals surface area contributed by atoms with Crippen LogP contribution in [0, 0.1) is 0 Å². The van der Waals surface area contributed by atoms with Gasteiger partial charge < -0.3 is 19.3 Å². The number of rotatable bonds is 3. The zero-order chi connectivity index (χ0) is 22.2. The summed E-state index contributed by atoms with van der Waals surface area (Å²) in [5.41, 5.74) is -0.119. The van der Waals surface area contributed by atoms with Gasteiger partial charge in [-0.2, -0.15) is 13.2 Å². The Hall–Kier alpha value is -2.46. The highest BCUT2D eigenvalue weighted by molar-refractivity contribution is 9.10. The van der Waals surface area contributed by atoms with Gasteiger partial charge in [-0.1, -0.05) is 27.5 Å². The number of halogens is 5. The van der Waals surface area contributed by atoms with Crippen molar-refractivity contribution in [2.24, 2.45) is 0 Å². The number of hydrogen-bond donors (Lipinski definition) is 0. The molecule has 0 bridgehead atoms. The Balaban J connectivity index is 1.38. The van der Waals surface area contributed by atoms with Crippen molar-refractivity contribution in [1.82, 2.24) is 9.88 Å². The van der Waals surface area contributed by atoms with Crippen LogP contribution in [0.15, 0.2) is 34.9 Å². The molecule has 2 aromatic rings. The lowest BCUT2D eigenvalue weighted by molar-refractivity contribution is -0.137. The van der Waals surface area contributed by atoms with Gasteiger partial charge in [0.1, 0.15) is 5.82 Å². The summed E-state index contributed by atoms with van der Waals surface area (Å²) in [5, 5.41) is -0.0674. The van der Waals surface area contributed by atoms with E-state index in [2.05, 4.69) is 20.9 Å². The van der Waals surface area contributed by atoms with E-state index in [0.29, 0.717) is 37.7 Å². The first-order chi connectivity index (χ1) is 14.7. The number of benzene rings is 1. The van der Waals surface area contributed by atoms with Crippen molar-refractivity contribution in [3.63, 3.8) is 0 Å². The number of aromatic nitrogens is 1. The molecule has 31 heavy (non-hydrogen) atoms. The third-order valence-corrected chi connectivity index (χ3v) is 5.90. The van der Waals surface area contributed by atoms with Gasteiger partial charge in [0.2, 0.25) is 12.7 Å². The molecule has 164 valence electrons. The molecule has 2 aliphatic rings. The molecule has 3 heterocycles. The summed E-state index contributed by atoms with van der Waals surface area (Å²) >= 11 is 9.47.